The minimum absolute atomic E-state index is 0.0444. The Labute approximate surface area is 370 Å². The summed E-state index contributed by atoms with van der Waals surface area (Å²) < 4.78 is 43.8. The molecule has 2 aliphatic heterocycles. The molecular weight excluding hydrogens is 822 g/mol. The monoisotopic (exact) mass is 876 g/mol. The van der Waals surface area contributed by atoms with E-state index in [0.29, 0.717) is 59.4 Å². The number of alkyl halides is 3. The number of piperidine rings is 2. The number of aromatic amines is 2. The van der Waals surface area contributed by atoms with Gasteiger partial charge in [0.15, 0.2) is 0 Å². The van der Waals surface area contributed by atoms with Gasteiger partial charge >= 0.3 is 6.18 Å². The van der Waals surface area contributed by atoms with E-state index in [4.69, 9.17) is 4.74 Å². The number of methoxy groups -OCH3 is 1. The van der Waals surface area contributed by atoms with Crippen LogP contribution >= 0.6 is 0 Å². The third-order valence-electron chi connectivity index (χ3n) is 12.3. The molecule has 0 radical (unpaired) electrons. The molecule has 14 heteroatoms. The van der Waals surface area contributed by atoms with Crippen LogP contribution in [0.5, 0.6) is 5.75 Å². The molecule has 4 heterocycles. The lowest BCUT2D eigenvalue weighted by molar-refractivity contribution is -0.0884. The van der Waals surface area contributed by atoms with Crippen molar-refractivity contribution in [3.8, 4) is 5.75 Å². The van der Waals surface area contributed by atoms with Gasteiger partial charge in [-0.3, -0.25) is 19.2 Å². The summed E-state index contributed by atoms with van der Waals surface area (Å²) in [6.45, 7) is 4.06. The fraction of sp³-hybridized carbons (Fsp3) is 0.360. The maximum atomic E-state index is 13.5. The van der Waals surface area contributed by atoms with Crippen LogP contribution in [0.2, 0.25) is 0 Å². The second kappa shape index (κ2) is 20.4. The van der Waals surface area contributed by atoms with E-state index in [2.05, 4.69) is 51.7 Å². The first-order valence-corrected chi connectivity index (χ1v) is 21.8. The highest BCUT2D eigenvalue weighted by atomic mass is 19.4. The number of likely N-dealkylation sites (N-methyl/N-ethyl adjacent to an activating group) is 1. The SMILES string of the molecule is COc1cc2[nH]cc(C(=O)NCCN(C)C)c2cc1C(=O)N1CCC(Cc2ccccc2)CC1.O=C(c1ccc2c(C(=O)C(F)(F)F)c[nH]c2c1)N1CCC(Cc2ccccc2)CC1. The van der Waals surface area contributed by atoms with Crippen molar-refractivity contribution in [2.75, 3.05) is 60.5 Å². The fourth-order valence-electron chi connectivity index (χ4n) is 8.69. The summed E-state index contributed by atoms with van der Waals surface area (Å²) in [6, 6.07) is 28.8. The minimum atomic E-state index is -4.94. The molecule has 11 nitrogen and oxygen atoms in total. The van der Waals surface area contributed by atoms with Gasteiger partial charge in [0.1, 0.15) is 5.75 Å². The van der Waals surface area contributed by atoms with Crippen molar-refractivity contribution in [1.29, 1.82) is 0 Å². The molecule has 2 aromatic heterocycles. The van der Waals surface area contributed by atoms with Crippen LogP contribution < -0.4 is 10.1 Å². The molecule has 3 N–H and O–H groups in total. The van der Waals surface area contributed by atoms with Gasteiger partial charge in [0, 0.05) is 85.1 Å². The average Bonchev–Trinajstić information content (AvgIpc) is 3.93. The number of rotatable bonds is 12. The highest BCUT2D eigenvalue weighted by Gasteiger charge is 2.40. The zero-order valence-electron chi connectivity index (χ0n) is 36.5. The number of benzene rings is 4. The molecule has 3 amide bonds. The number of likely N-dealkylation sites (tertiary alicyclic amines) is 2. The van der Waals surface area contributed by atoms with Crippen LogP contribution in [0.25, 0.3) is 21.8 Å². The number of fused-ring (bicyclic) bond motifs is 2. The molecule has 0 atom stereocenters. The Morgan fingerprint density at radius 3 is 1.75 bits per heavy atom. The Kier molecular flexibility index (Phi) is 14.5. The van der Waals surface area contributed by atoms with Gasteiger partial charge in [0.05, 0.1) is 23.8 Å². The van der Waals surface area contributed by atoms with Gasteiger partial charge in [0.2, 0.25) is 0 Å². The molecule has 4 aromatic carbocycles. The number of hydrogen-bond donors (Lipinski definition) is 3. The fourth-order valence-corrected chi connectivity index (χ4v) is 8.69. The smallest absolute Gasteiger partial charge is 0.454 e. The zero-order valence-corrected chi connectivity index (χ0v) is 36.5. The highest BCUT2D eigenvalue weighted by molar-refractivity contribution is 6.12. The number of Topliss-reactive ketones (excluding diaryl/α,β-unsaturated/α-hetero) is 1. The van der Waals surface area contributed by atoms with Gasteiger partial charge in [0.25, 0.3) is 23.5 Å². The molecule has 0 saturated carbocycles. The summed E-state index contributed by atoms with van der Waals surface area (Å²) in [5, 5.41) is 3.84. The Morgan fingerprint density at radius 2 is 1.22 bits per heavy atom. The van der Waals surface area contributed by atoms with E-state index in [1.807, 2.05) is 48.2 Å². The zero-order chi connectivity index (χ0) is 45.4. The quantitative estimate of drug-likeness (QED) is 0.106. The number of ketones is 1. The summed E-state index contributed by atoms with van der Waals surface area (Å²) in [5.41, 5.74) is 4.76. The van der Waals surface area contributed by atoms with Crippen LogP contribution in [0.15, 0.2) is 103 Å². The number of halogens is 3. The van der Waals surface area contributed by atoms with Gasteiger partial charge in [-0.05, 0) is 93.8 Å². The van der Waals surface area contributed by atoms with Crippen LogP contribution in [0.4, 0.5) is 13.2 Å². The number of H-pyrrole nitrogens is 2. The van der Waals surface area contributed by atoms with Gasteiger partial charge < -0.3 is 34.7 Å². The lowest BCUT2D eigenvalue weighted by Gasteiger charge is -2.32. The second-order valence-corrected chi connectivity index (χ2v) is 17.0. The molecule has 6 aromatic rings. The lowest BCUT2D eigenvalue weighted by Crippen LogP contribution is -2.39. The average molecular weight is 877 g/mol. The molecule has 0 spiro atoms. The first-order chi connectivity index (χ1) is 30.8. The van der Waals surface area contributed by atoms with E-state index in [0.717, 1.165) is 75.3 Å². The molecule has 2 saturated heterocycles. The third kappa shape index (κ3) is 11.0. The molecular formula is C50H55F3N6O5. The van der Waals surface area contributed by atoms with E-state index in [9.17, 15) is 32.3 Å². The number of nitrogens with zero attached hydrogens (tertiary/aromatic N) is 3. The van der Waals surface area contributed by atoms with E-state index in [1.165, 1.54) is 29.3 Å². The lowest BCUT2D eigenvalue weighted by atomic mass is 9.90. The van der Waals surface area contributed by atoms with Crippen molar-refractivity contribution in [1.82, 2.24) is 30.0 Å². The van der Waals surface area contributed by atoms with Crippen molar-refractivity contribution in [2.24, 2.45) is 11.8 Å². The normalized spacial score (nSPS) is 15.0. The summed E-state index contributed by atoms with van der Waals surface area (Å²) in [7, 11) is 5.50. The Morgan fingerprint density at radius 1 is 0.688 bits per heavy atom. The number of hydrogen-bond acceptors (Lipinski definition) is 6. The molecule has 0 unspecified atom stereocenters. The second-order valence-electron chi connectivity index (χ2n) is 17.0. The summed E-state index contributed by atoms with van der Waals surface area (Å²) >= 11 is 0. The van der Waals surface area contributed by atoms with Crippen LogP contribution in [0.3, 0.4) is 0 Å². The number of amides is 3. The van der Waals surface area contributed by atoms with Crippen molar-refractivity contribution < 1.29 is 37.1 Å². The number of ether oxygens (including phenoxy) is 1. The van der Waals surface area contributed by atoms with Gasteiger partial charge in [-0.25, -0.2) is 0 Å². The Bertz CT molecular complexity index is 2560. The van der Waals surface area contributed by atoms with Crippen molar-refractivity contribution in [3.63, 3.8) is 0 Å². The van der Waals surface area contributed by atoms with E-state index >= 15 is 0 Å². The molecule has 2 fully saturated rings. The van der Waals surface area contributed by atoms with Crippen molar-refractivity contribution in [3.05, 3.63) is 137 Å². The first-order valence-electron chi connectivity index (χ1n) is 21.8. The van der Waals surface area contributed by atoms with Crippen molar-refractivity contribution >= 4 is 45.3 Å². The molecule has 8 rings (SSSR count). The van der Waals surface area contributed by atoms with E-state index in [-0.39, 0.29) is 23.1 Å². The van der Waals surface area contributed by atoms with Gasteiger partial charge in [-0.15, -0.1) is 0 Å². The Balaban J connectivity index is 0.000000193. The number of aromatic nitrogens is 2. The maximum Gasteiger partial charge on any atom is 0.454 e. The van der Waals surface area contributed by atoms with Gasteiger partial charge in [-0.1, -0.05) is 66.7 Å². The van der Waals surface area contributed by atoms with E-state index < -0.39 is 17.5 Å². The summed E-state index contributed by atoms with van der Waals surface area (Å²) in [5.74, 6) is -0.612. The van der Waals surface area contributed by atoms with E-state index in [1.54, 1.807) is 30.3 Å². The molecule has 2 aliphatic rings. The maximum absolute atomic E-state index is 13.5. The van der Waals surface area contributed by atoms with Crippen LogP contribution in [-0.2, 0) is 12.8 Å². The molecule has 64 heavy (non-hydrogen) atoms. The van der Waals surface area contributed by atoms with Crippen LogP contribution in [-0.4, -0.2) is 115 Å². The molecule has 0 aliphatic carbocycles. The topological polar surface area (TPSA) is 131 Å². The Hall–Kier alpha value is -6.41. The van der Waals surface area contributed by atoms with Crippen LogP contribution in [0, 0.1) is 11.8 Å². The van der Waals surface area contributed by atoms with Gasteiger partial charge in [-0.2, -0.15) is 13.2 Å². The largest absolute Gasteiger partial charge is 0.496 e. The number of carbonyl (C=O) groups excluding carboxylic acids is 4. The summed E-state index contributed by atoms with van der Waals surface area (Å²) in [6.07, 6.45) is 3.63. The standard InChI is InChI=1S/C27H34N4O3.C23H21F3N2O2/c1-30(2)14-11-28-26(32)23-18-29-24-17-25(34-3)22(16-21(23)24)27(33)31-12-9-20(10-13-31)15-19-7-5-4-6-8-19;24-23(25,26)21(29)19-14-27-20-13-17(6-7-18(19)20)22(30)28-10-8-16(9-11-28)12-15-4-2-1-3-5-15/h4-8,16-18,20,29H,9-15H2,1-3H3,(H,28,32);1-7,13-14,16,27H,8-12H2. The predicted octanol–water partition coefficient (Wildman–Crippen LogP) is 8.57. The number of carbonyl (C=O) groups is 4. The highest BCUT2D eigenvalue weighted by Crippen LogP contribution is 2.32. The first kappa shape index (κ1) is 45.6. The summed E-state index contributed by atoms with van der Waals surface area (Å²) in [4.78, 5) is 62.2. The van der Waals surface area contributed by atoms with Crippen LogP contribution in [0.1, 0.15) is 78.2 Å². The van der Waals surface area contributed by atoms with Crippen molar-refractivity contribution in [2.45, 2.75) is 44.7 Å². The number of nitrogens with one attached hydrogen (secondary N) is 3. The third-order valence-corrected chi connectivity index (χ3v) is 12.3. The molecule has 336 valence electrons. The minimum Gasteiger partial charge on any atom is -0.496 e. The predicted molar refractivity (Wildman–Crippen MR) is 242 cm³/mol. The molecule has 0 bridgehead atoms.